The molecular formula is C23H24N2O3S. The van der Waals surface area contributed by atoms with Gasteiger partial charge in [0.05, 0.1) is 10.6 Å². The number of nitrogens with one attached hydrogen (secondary N) is 1. The summed E-state index contributed by atoms with van der Waals surface area (Å²) in [7, 11) is -2.15. The summed E-state index contributed by atoms with van der Waals surface area (Å²) in [4.78, 5) is 12.8. The molecule has 3 rings (SSSR count). The molecule has 0 saturated carbocycles. The summed E-state index contributed by atoms with van der Waals surface area (Å²) in [6.07, 6.45) is 0. The van der Waals surface area contributed by atoms with E-state index >= 15 is 0 Å². The van der Waals surface area contributed by atoms with Crippen LogP contribution in [0, 0.1) is 13.8 Å². The number of benzene rings is 3. The summed E-state index contributed by atoms with van der Waals surface area (Å²) in [6.45, 7) is 4.24. The van der Waals surface area contributed by atoms with E-state index in [4.69, 9.17) is 0 Å². The number of carbonyl (C=O) groups is 1. The Kier molecular flexibility index (Phi) is 6.03. The van der Waals surface area contributed by atoms with Crippen LogP contribution in [-0.4, -0.2) is 21.4 Å². The lowest BCUT2D eigenvalue weighted by Gasteiger charge is -2.22. The average Bonchev–Trinajstić information content (AvgIpc) is 2.73. The first kappa shape index (κ1) is 20.6. The van der Waals surface area contributed by atoms with Crippen LogP contribution < -0.4 is 9.62 Å². The van der Waals surface area contributed by atoms with Crippen LogP contribution >= 0.6 is 0 Å². The minimum atomic E-state index is -3.67. The Balaban J connectivity index is 1.78. The van der Waals surface area contributed by atoms with Gasteiger partial charge in [-0.1, -0.05) is 42.5 Å². The van der Waals surface area contributed by atoms with Crippen molar-refractivity contribution in [3.63, 3.8) is 0 Å². The first-order chi connectivity index (χ1) is 13.8. The number of sulfonamides is 1. The van der Waals surface area contributed by atoms with Gasteiger partial charge in [0.1, 0.15) is 0 Å². The summed E-state index contributed by atoms with van der Waals surface area (Å²) in [5.74, 6) is -0.198. The van der Waals surface area contributed by atoms with Crippen LogP contribution in [-0.2, 0) is 16.6 Å². The van der Waals surface area contributed by atoms with Gasteiger partial charge < -0.3 is 5.32 Å². The molecule has 0 radical (unpaired) electrons. The molecule has 0 aliphatic heterocycles. The molecule has 0 bridgehead atoms. The van der Waals surface area contributed by atoms with Gasteiger partial charge in [-0.2, -0.15) is 0 Å². The second-order valence-electron chi connectivity index (χ2n) is 6.90. The fraction of sp³-hybridized carbons (Fsp3) is 0.174. The lowest BCUT2D eigenvalue weighted by atomic mass is 10.1. The molecule has 0 unspecified atom stereocenters. The molecule has 0 aliphatic rings. The standard InChI is InChI=1S/C23H24N2O3S/c1-17-9-7-8-10-20(17)16-24-23(26)19-13-14-22(18(2)15-19)25(3)29(27,28)21-11-5-4-6-12-21/h4-15H,16H2,1-3H3,(H,24,26). The molecule has 0 saturated heterocycles. The summed E-state index contributed by atoms with van der Waals surface area (Å²) >= 11 is 0. The number of amides is 1. The van der Waals surface area contributed by atoms with E-state index in [1.54, 1.807) is 55.5 Å². The third kappa shape index (κ3) is 4.49. The second kappa shape index (κ2) is 8.49. The SMILES string of the molecule is Cc1ccccc1CNC(=O)c1ccc(N(C)S(=O)(=O)c2ccccc2)c(C)c1. The van der Waals surface area contributed by atoms with Crippen molar-refractivity contribution in [1.82, 2.24) is 5.32 Å². The molecule has 0 spiro atoms. The normalized spacial score (nSPS) is 11.1. The molecular weight excluding hydrogens is 384 g/mol. The molecule has 0 aliphatic carbocycles. The Hall–Kier alpha value is -3.12. The third-order valence-electron chi connectivity index (χ3n) is 4.90. The van der Waals surface area contributed by atoms with Crippen molar-refractivity contribution in [3.8, 4) is 0 Å². The van der Waals surface area contributed by atoms with Gasteiger partial charge >= 0.3 is 0 Å². The van der Waals surface area contributed by atoms with Crippen molar-refractivity contribution in [2.45, 2.75) is 25.3 Å². The zero-order chi connectivity index (χ0) is 21.0. The van der Waals surface area contributed by atoms with E-state index in [0.29, 0.717) is 23.4 Å². The lowest BCUT2D eigenvalue weighted by molar-refractivity contribution is 0.0951. The molecule has 1 N–H and O–H groups in total. The number of hydrogen-bond donors (Lipinski definition) is 1. The second-order valence-corrected chi connectivity index (χ2v) is 8.87. The van der Waals surface area contributed by atoms with Gasteiger partial charge in [0, 0.05) is 19.2 Å². The summed E-state index contributed by atoms with van der Waals surface area (Å²) in [5, 5.41) is 2.92. The van der Waals surface area contributed by atoms with E-state index in [9.17, 15) is 13.2 Å². The minimum absolute atomic E-state index is 0.198. The number of carbonyl (C=O) groups excluding carboxylic acids is 1. The minimum Gasteiger partial charge on any atom is -0.348 e. The van der Waals surface area contributed by atoms with E-state index in [2.05, 4.69) is 5.32 Å². The zero-order valence-corrected chi connectivity index (χ0v) is 17.5. The largest absolute Gasteiger partial charge is 0.348 e. The van der Waals surface area contributed by atoms with Crippen LogP contribution in [0.1, 0.15) is 27.0 Å². The fourth-order valence-electron chi connectivity index (χ4n) is 3.12. The van der Waals surface area contributed by atoms with Crippen molar-refractivity contribution in [2.24, 2.45) is 0 Å². The Labute approximate surface area is 172 Å². The van der Waals surface area contributed by atoms with E-state index in [1.807, 2.05) is 31.2 Å². The molecule has 6 heteroatoms. The van der Waals surface area contributed by atoms with Crippen LogP contribution in [0.25, 0.3) is 0 Å². The summed E-state index contributed by atoms with van der Waals surface area (Å²) in [6, 6.07) is 21.2. The van der Waals surface area contributed by atoms with Crippen molar-refractivity contribution in [3.05, 3.63) is 95.1 Å². The van der Waals surface area contributed by atoms with Crippen molar-refractivity contribution in [1.29, 1.82) is 0 Å². The molecule has 29 heavy (non-hydrogen) atoms. The number of hydrogen-bond acceptors (Lipinski definition) is 3. The highest BCUT2D eigenvalue weighted by Crippen LogP contribution is 2.26. The quantitative estimate of drug-likeness (QED) is 0.669. The van der Waals surface area contributed by atoms with Crippen molar-refractivity contribution in [2.75, 3.05) is 11.4 Å². The van der Waals surface area contributed by atoms with Crippen LogP contribution in [0.15, 0.2) is 77.7 Å². The number of rotatable bonds is 6. The number of aryl methyl sites for hydroxylation is 2. The Morgan fingerprint density at radius 2 is 1.55 bits per heavy atom. The Morgan fingerprint density at radius 3 is 2.21 bits per heavy atom. The predicted octanol–water partition coefficient (Wildman–Crippen LogP) is 4.06. The molecule has 3 aromatic rings. The summed E-state index contributed by atoms with van der Waals surface area (Å²) in [5.41, 5.74) is 3.90. The van der Waals surface area contributed by atoms with Gasteiger partial charge in [-0.25, -0.2) is 8.42 Å². The third-order valence-corrected chi connectivity index (χ3v) is 6.69. The van der Waals surface area contributed by atoms with E-state index in [0.717, 1.165) is 11.1 Å². The maximum Gasteiger partial charge on any atom is 0.264 e. The highest BCUT2D eigenvalue weighted by Gasteiger charge is 2.22. The van der Waals surface area contributed by atoms with Crippen LogP contribution in [0.5, 0.6) is 0 Å². The zero-order valence-electron chi connectivity index (χ0n) is 16.7. The van der Waals surface area contributed by atoms with Crippen LogP contribution in [0.3, 0.4) is 0 Å². The first-order valence-corrected chi connectivity index (χ1v) is 10.7. The van der Waals surface area contributed by atoms with Crippen molar-refractivity contribution >= 4 is 21.6 Å². The van der Waals surface area contributed by atoms with E-state index in [1.165, 1.54) is 11.4 Å². The number of anilines is 1. The molecule has 0 heterocycles. The van der Waals surface area contributed by atoms with Gasteiger partial charge in [-0.05, 0) is 60.9 Å². The fourth-order valence-corrected chi connectivity index (χ4v) is 4.40. The molecule has 0 aromatic heterocycles. The molecule has 150 valence electrons. The number of nitrogens with zero attached hydrogens (tertiary/aromatic N) is 1. The first-order valence-electron chi connectivity index (χ1n) is 9.28. The van der Waals surface area contributed by atoms with Gasteiger partial charge in [0.2, 0.25) is 0 Å². The topological polar surface area (TPSA) is 66.5 Å². The Morgan fingerprint density at radius 1 is 0.897 bits per heavy atom. The maximum atomic E-state index is 12.8. The maximum absolute atomic E-state index is 12.8. The molecule has 5 nitrogen and oxygen atoms in total. The summed E-state index contributed by atoms with van der Waals surface area (Å²) < 4.78 is 26.9. The highest BCUT2D eigenvalue weighted by atomic mass is 32.2. The predicted molar refractivity (Wildman–Crippen MR) is 116 cm³/mol. The monoisotopic (exact) mass is 408 g/mol. The molecule has 0 atom stereocenters. The lowest BCUT2D eigenvalue weighted by Crippen LogP contribution is -2.27. The Bertz CT molecular complexity index is 1130. The van der Waals surface area contributed by atoms with Gasteiger partial charge in [-0.3, -0.25) is 9.10 Å². The highest BCUT2D eigenvalue weighted by molar-refractivity contribution is 7.92. The van der Waals surface area contributed by atoms with Crippen LogP contribution in [0.4, 0.5) is 5.69 Å². The van der Waals surface area contributed by atoms with Crippen LogP contribution in [0.2, 0.25) is 0 Å². The van der Waals surface area contributed by atoms with Gasteiger partial charge in [0.15, 0.2) is 0 Å². The van der Waals surface area contributed by atoms with Gasteiger partial charge in [0.25, 0.3) is 15.9 Å². The van der Waals surface area contributed by atoms with Gasteiger partial charge in [-0.15, -0.1) is 0 Å². The average molecular weight is 409 g/mol. The van der Waals surface area contributed by atoms with E-state index < -0.39 is 10.0 Å². The van der Waals surface area contributed by atoms with E-state index in [-0.39, 0.29) is 10.8 Å². The van der Waals surface area contributed by atoms with Crippen molar-refractivity contribution < 1.29 is 13.2 Å². The molecule has 0 fully saturated rings. The smallest absolute Gasteiger partial charge is 0.264 e. The molecule has 3 aromatic carbocycles. The molecule has 1 amide bonds.